The van der Waals surface area contributed by atoms with E-state index >= 15 is 0 Å². The van der Waals surface area contributed by atoms with Gasteiger partial charge in [-0.1, -0.05) is 54.2 Å². The molecular weight excluding hydrogens is 354 g/mol. The highest BCUT2D eigenvalue weighted by atomic mass is 32.2. The summed E-state index contributed by atoms with van der Waals surface area (Å²) in [5, 5.41) is 8.40. The van der Waals surface area contributed by atoms with Gasteiger partial charge in [0.2, 0.25) is 0 Å². The van der Waals surface area contributed by atoms with Crippen molar-refractivity contribution in [2.45, 2.75) is 0 Å². The smallest absolute Gasteiger partial charge is 0.255 e. The van der Waals surface area contributed by atoms with Crippen molar-refractivity contribution in [3.63, 3.8) is 0 Å². The van der Waals surface area contributed by atoms with Gasteiger partial charge in [-0.3, -0.25) is 9.79 Å². The van der Waals surface area contributed by atoms with E-state index in [0.29, 0.717) is 5.56 Å². The van der Waals surface area contributed by atoms with E-state index in [9.17, 15) is 4.79 Å². The van der Waals surface area contributed by atoms with Gasteiger partial charge in [0.05, 0.1) is 12.2 Å². The Morgan fingerprint density at radius 2 is 1.81 bits per heavy atom. The third kappa shape index (κ3) is 3.00. The molecule has 27 heavy (non-hydrogen) atoms. The SMILES string of the molecule is O=C(Nc1ccc(C2=CSC3=NCCN23)cc1)c1ccc2ccccc2c1. The minimum Gasteiger partial charge on any atom is -0.322 e. The van der Waals surface area contributed by atoms with Crippen molar-refractivity contribution in [3.05, 3.63) is 83.3 Å². The zero-order valence-electron chi connectivity index (χ0n) is 14.6. The van der Waals surface area contributed by atoms with Gasteiger partial charge in [-0.15, -0.1) is 0 Å². The normalized spacial score (nSPS) is 15.5. The maximum absolute atomic E-state index is 12.6. The summed E-state index contributed by atoms with van der Waals surface area (Å²) in [6.45, 7) is 1.80. The topological polar surface area (TPSA) is 44.7 Å². The van der Waals surface area contributed by atoms with Gasteiger partial charge in [0, 0.05) is 23.2 Å². The van der Waals surface area contributed by atoms with Gasteiger partial charge in [0.1, 0.15) is 0 Å². The minimum absolute atomic E-state index is 0.0990. The van der Waals surface area contributed by atoms with Crippen LogP contribution < -0.4 is 5.32 Å². The zero-order valence-corrected chi connectivity index (χ0v) is 15.4. The largest absolute Gasteiger partial charge is 0.322 e. The second-order valence-corrected chi connectivity index (χ2v) is 7.37. The molecule has 1 amide bonds. The number of aliphatic imine (C=N–C) groups is 1. The highest BCUT2D eigenvalue weighted by Gasteiger charge is 2.26. The van der Waals surface area contributed by atoms with Crippen LogP contribution in [0.25, 0.3) is 16.5 Å². The molecule has 0 unspecified atom stereocenters. The summed E-state index contributed by atoms with van der Waals surface area (Å²) in [6, 6.07) is 21.8. The molecule has 5 heteroatoms. The molecule has 0 atom stereocenters. The van der Waals surface area contributed by atoms with Crippen LogP contribution in [0.2, 0.25) is 0 Å². The van der Waals surface area contributed by atoms with Crippen molar-refractivity contribution in [3.8, 4) is 0 Å². The van der Waals surface area contributed by atoms with E-state index in [1.165, 1.54) is 5.70 Å². The predicted molar refractivity (Wildman–Crippen MR) is 113 cm³/mol. The molecule has 2 aliphatic heterocycles. The van der Waals surface area contributed by atoms with Crippen molar-refractivity contribution in [2.75, 3.05) is 18.4 Å². The lowest BCUT2D eigenvalue weighted by Gasteiger charge is -2.17. The van der Waals surface area contributed by atoms with Crippen molar-refractivity contribution in [2.24, 2.45) is 4.99 Å². The number of nitrogens with zero attached hydrogens (tertiary/aromatic N) is 2. The van der Waals surface area contributed by atoms with Gasteiger partial charge in [-0.25, -0.2) is 0 Å². The number of anilines is 1. The molecule has 0 aromatic heterocycles. The summed E-state index contributed by atoms with van der Waals surface area (Å²) < 4.78 is 0. The fourth-order valence-electron chi connectivity index (χ4n) is 3.41. The first-order chi connectivity index (χ1) is 13.3. The Balaban J connectivity index is 1.33. The number of amides is 1. The molecule has 2 aliphatic rings. The molecule has 2 heterocycles. The number of amidine groups is 1. The Hall–Kier alpha value is -3.05. The number of fused-ring (bicyclic) bond motifs is 2. The summed E-state index contributed by atoms with van der Waals surface area (Å²) >= 11 is 1.67. The first kappa shape index (κ1) is 16.1. The van der Waals surface area contributed by atoms with E-state index in [1.807, 2.05) is 66.7 Å². The second kappa shape index (κ2) is 6.59. The van der Waals surface area contributed by atoms with E-state index in [-0.39, 0.29) is 5.91 Å². The highest BCUT2D eigenvalue weighted by molar-refractivity contribution is 8.16. The number of benzene rings is 3. The Morgan fingerprint density at radius 3 is 2.67 bits per heavy atom. The lowest BCUT2D eigenvalue weighted by Crippen LogP contribution is -2.19. The van der Waals surface area contributed by atoms with Gasteiger partial charge < -0.3 is 10.2 Å². The van der Waals surface area contributed by atoms with Crippen LogP contribution in [0, 0.1) is 0 Å². The van der Waals surface area contributed by atoms with E-state index in [0.717, 1.165) is 40.3 Å². The molecule has 0 saturated heterocycles. The van der Waals surface area contributed by atoms with Crippen LogP contribution in [0.1, 0.15) is 15.9 Å². The second-order valence-electron chi connectivity index (χ2n) is 6.53. The van der Waals surface area contributed by atoms with Crippen LogP contribution in [-0.4, -0.2) is 29.1 Å². The quantitative estimate of drug-likeness (QED) is 0.719. The average Bonchev–Trinajstić information content (AvgIpc) is 3.32. The molecule has 4 nitrogen and oxygen atoms in total. The van der Waals surface area contributed by atoms with Crippen LogP contribution in [-0.2, 0) is 0 Å². The summed E-state index contributed by atoms with van der Waals surface area (Å²) in [6.07, 6.45) is 0. The van der Waals surface area contributed by atoms with Crippen molar-refractivity contribution >= 4 is 45.0 Å². The molecule has 0 spiro atoms. The van der Waals surface area contributed by atoms with Gasteiger partial charge >= 0.3 is 0 Å². The van der Waals surface area contributed by atoms with Crippen LogP contribution in [0.15, 0.2) is 77.1 Å². The molecule has 5 rings (SSSR count). The number of hydrogen-bond acceptors (Lipinski definition) is 4. The summed E-state index contributed by atoms with van der Waals surface area (Å²) in [4.78, 5) is 19.3. The van der Waals surface area contributed by atoms with Gasteiger partial charge in [0.25, 0.3) is 5.91 Å². The average molecular weight is 371 g/mol. The molecule has 132 valence electrons. The van der Waals surface area contributed by atoms with E-state index in [4.69, 9.17) is 0 Å². The molecule has 0 saturated carbocycles. The fourth-order valence-corrected chi connectivity index (χ4v) is 4.37. The number of rotatable bonds is 3. The summed E-state index contributed by atoms with van der Waals surface area (Å²) in [5.74, 6) is -0.0990. The molecule has 3 aromatic rings. The Bertz CT molecular complexity index is 1100. The third-order valence-electron chi connectivity index (χ3n) is 4.82. The molecular formula is C22H17N3OS. The Kier molecular flexibility index (Phi) is 3.94. The Morgan fingerprint density at radius 1 is 1.00 bits per heavy atom. The van der Waals surface area contributed by atoms with E-state index < -0.39 is 0 Å². The monoisotopic (exact) mass is 371 g/mol. The molecule has 0 aliphatic carbocycles. The van der Waals surface area contributed by atoms with Gasteiger partial charge in [-0.2, -0.15) is 0 Å². The predicted octanol–water partition coefficient (Wildman–Crippen LogP) is 4.81. The Labute approximate surface area is 161 Å². The van der Waals surface area contributed by atoms with E-state index in [1.54, 1.807) is 11.8 Å². The maximum atomic E-state index is 12.6. The number of carbonyl (C=O) groups is 1. The molecule has 0 bridgehead atoms. The zero-order chi connectivity index (χ0) is 18.2. The summed E-state index contributed by atoms with van der Waals surface area (Å²) in [5.41, 5.74) is 3.77. The maximum Gasteiger partial charge on any atom is 0.255 e. The van der Waals surface area contributed by atoms with E-state index in [2.05, 4.69) is 20.6 Å². The van der Waals surface area contributed by atoms with Crippen LogP contribution in [0.4, 0.5) is 5.69 Å². The number of thioether (sulfide) groups is 1. The summed E-state index contributed by atoms with van der Waals surface area (Å²) in [7, 11) is 0. The molecule has 3 aromatic carbocycles. The fraction of sp³-hybridized carbons (Fsp3) is 0.0909. The van der Waals surface area contributed by atoms with Crippen molar-refractivity contribution < 1.29 is 4.79 Å². The lowest BCUT2D eigenvalue weighted by atomic mass is 10.1. The lowest BCUT2D eigenvalue weighted by molar-refractivity contribution is 0.102. The van der Waals surface area contributed by atoms with Crippen LogP contribution in [0.5, 0.6) is 0 Å². The van der Waals surface area contributed by atoms with Gasteiger partial charge in [0.15, 0.2) is 5.17 Å². The molecule has 0 radical (unpaired) electrons. The van der Waals surface area contributed by atoms with Crippen molar-refractivity contribution in [1.29, 1.82) is 0 Å². The third-order valence-corrected chi connectivity index (χ3v) is 5.72. The van der Waals surface area contributed by atoms with Gasteiger partial charge in [-0.05, 0) is 40.6 Å². The first-order valence-corrected chi connectivity index (χ1v) is 9.75. The molecule has 0 fully saturated rings. The molecule has 1 N–H and O–H groups in total. The van der Waals surface area contributed by atoms with Crippen LogP contribution in [0.3, 0.4) is 0 Å². The minimum atomic E-state index is -0.0990. The highest BCUT2D eigenvalue weighted by Crippen LogP contribution is 2.35. The standard InChI is InChI=1S/C22H17N3OS/c26-21(18-6-5-15-3-1-2-4-17(15)13-18)24-19-9-7-16(8-10-19)20-14-27-22-23-11-12-25(20)22/h1-10,13-14H,11-12H2,(H,24,26). The van der Waals surface area contributed by atoms with Crippen molar-refractivity contribution in [1.82, 2.24) is 4.90 Å². The number of carbonyl (C=O) groups excluding carboxylic acids is 1. The number of nitrogens with one attached hydrogen (secondary N) is 1. The number of hydrogen-bond donors (Lipinski definition) is 1. The first-order valence-electron chi connectivity index (χ1n) is 8.87. The van der Waals surface area contributed by atoms with Crippen LogP contribution >= 0.6 is 11.8 Å².